The highest BCUT2D eigenvalue weighted by Crippen LogP contribution is 2.22. The molecule has 6 heteroatoms. The normalized spacial score (nSPS) is 10.4. The molecule has 0 aliphatic heterocycles. The molecule has 0 saturated carbocycles. The van der Waals surface area contributed by atoms with Crippen molar-refractivity contribution in [2.24, 2.45) is 0 Å². The first-order valence-electron chi connectivity index (χ1n) is 6.74. The molecule has 0 atom stereocenters. The average molecular weight is 294 g/mol. The van der Waals surface area contributed by atoms with Gasteiger partial charge in [0.15, 0.2) is 5.75 Å². The van der Waals surface area contributed by atoms with Crippen LogP contribution < -0.4 is 10.3 Å². The molecule has 0 amide bonds. The van der Waals surface area contributed by atoms with Crippen LogP contribution in [0.1, 0.15) is 5.56 Å². The summed E-state index contributed by atoms with van der Waals surface area (Å²) in [6, 6.07) is 9.67. The molecular weight excluding hydrogens is 280 g/mol. The van der Waals surface area contributed by atoms with Crippen LogP contribution in [0.5, 0.6) is 5.75 Å². The largest absolute Gasteiger partial charge is 0.494 e. The maximum atomic E-state index is 12.7. The van der Waals surface area contributed by atoms with Gasteiger partial charge in [-0.25, -0.2) is 4.68 Å². The predicted molar refractivity (Wildman–Crippen MR) is 81.6 cm³/mol. The minimum atomic E-state index is -0.260. The number of ether oxygens (including phenoxy) is 1. The Balaban J connectivity index is 2.09. The van der Waals surface area contributed by atoms with Crippen LogP contribution in [0.2, 0.25) is 0 Å². The van der Waals surface area contributed by atoms with Crippen LogP contribution in [0.3, 0.4) is 0 Å². The van der Waals surface area contributed by atoms with Crippen LogP contribution in [0.25, 0.3) is 11.3 Å². The second-order valence-corrected chi connectivity index (χ2v) is 4.63. The topological polar surface area (TPSA) is 69.9 Å². The monoisotopic (exact) mass is 294 g/mol. The highest BCUT2D eigenvalue weighted by Gasteiger charge is 2.15. The zero-order valence-electron chi connectivity index (χ0n) is 12.0. The predicted octanol–water partition coefficient (Wildman–Crippen LogP) is 1.76. The molecule has 3 rings (SSSR count). The molecule has 0 radical (unpaired) electrons. The molecule has 2 aromatic heterocycles. The van der Waals surface area contributed by atoms with Crippen molar-refractivity contribution in [2.45, 2.75) is 6.54 Å². The highest BCUT2D eigenvalue weighted by atomic mass is 16.5. The molecule has 0 spiro atoms. The molecule has 0 aliphatic carbocycles. The summed E-state index contributed by atoms with van der Waals surface area (Å²) in [5, 5.41) is 4.16. The zero-order chi connectivity index (χ0) is 15.4. The van der Waals surface area contributed by atoms with Gasteiger partial charge in [0.05, 0.1) is 31.7 Å². The lowest BCUT2D eigenvalue weighted by Crippen LogP contribution is -2.25. The number of benzene rings is 1. The molecule has 0 fully saturated rings. The second-order valence-electron chi connectivity index (χ2n) is 4.63. The van der Waals surface area contributed by atoms with Crippen molar-refractivity contribution in [3.63, 3.8) is 0 Å². The molecule has 22 heavy (non-hydrogen) atoms. The van der Waals surface area contributed by atoms with E-state index in [0.717, 1.165) is 5.56 Å². The number of hydrogen-bond donors (Lipinski definition) is 0. The quantitative estimate of drug-likeness (QED) is 0.733. The van der Waals surface area contributed by atoms with E-state index in [9.17, 15) is 4.79 Å². The van der Waals surface area contributed by atoms with Crippen LogP contribution in [-0.4, -0.2) is 26.9 Å². The maximum Gasteiger partial charge on any atom is 0.280 e. The fourth-order valence-corrected chi connectivity index (χ4v) is 2.16. The molecule has 3 aromatic rings. The van der Waals surface area contributed by atoms with Gasteiger partial charge in [0.2, 0.25) is 0 Å². The Morgan fingerprint density at radius 1 is 1.14 bits per heavy atom. The third-order valence-corrected chi connectivity index (χ3v) is 3.22. The van der Waals surface area contributed by atoms with Gasteiger partial charge in [0.1, 0.15) is 5.56 Å². The average Bonchev–Trinajstić information content (AvgIpc) is 2.58. The third-order valence-electron chi connectivity index (χ3n) is 3.22. The van der Waals surface area contributed by atoms with Gasteiger partial charge in [-0.05, 0) is 5.56 Å². The molecule has 1 aromatic carbocycles. The molecule has 0 unspecified atom stereocenters. The van der Waals surface area contributed by atoms with Gasteiger partial charge in [0, 0.05) is 12.4 Å². The first-order valence-corrected chi connectivity index (χ1v) is 6.74. The van der Waals surface area contributed by atoms with E-state index >= 15 is 0 Å². The molecule has 0 saturated heterocycles. The van der Waals surface area contributed by atoms with E-state index < -0.39 is 0 Å². The summed E-state index contributed by atoms with van der Waals surface area (Å²) in [5.74, 6) is 0.384. The van der Waals surface area contributed by atoms with Gasteiger partial charge in [0.25, 0.3) is 5.56 Å². The number of nitrogens with zero attached hydrogens (tertiary/aromatic N) is 4. The van der Waals surface area contributed by atoms with E-state index in [4.69, 9.17) is 4.74 Å². The standard InChI is InChI=1S/C16H14N4O2/c1-22-14-10-19-20(11-12-5-3-2-4-6-12)16(21)15(14)13-9-17-7-8-18-13/h2-10H,11H2,1H3. The second kappa shape index (κ2) is 6.17. The van der Waals surface area contributed by atoms with E-state index in [1.807, 2.05) is 30.3 Å². The molecule has 0 N–H and O–H groups in total. The van der Waals surface area contributed by atoms with Crippen LogP contribution in [0.15, 0.2) is 59.9 Å². The fourth-order valence-electron chi connectivity index (χ4n) is 2.16. The molecule has 2 heterocycles. The molecule has 0 bridgehead atoms. The Hall–Kier alpha value is -3.02. The Bertz CT molecular complexity index is 817. The molecular formula is C16H14N4O2. The van der Waals surface area contributed by atoms with Crippen molar-refractivity contribution in [2.75, 3.05) is 7.11 Å². The van der Waals surface area contributed by atoms with E-state index in [-0.39, 0.29) is 5.56 Å². The summed E-state index contributed by atoms with van der Waals surface area (Å²) in [6.07, 6.45) is 6.15. The lowest BCUT2D eigenvalue weighted by atomic mass is 10.2. The van der Waals surface area contributed by atoms with Gasteiger partial charge in [-0.15, -0.1) is 0 Å². The Kier molecular flexibility index (Phi) is 3.91. The highest BCUT2D eigenvalue weighted by molar-refractivity contribution is 5.64. The molecule has 6 nitrogen and oxygen atoms in total. The van der Waals surface area contributed by atoms with E-state index in [1.165, 1.54) is 30.4 Å². The number of aromatic nitrogens is 4. The van der Waals surface area contributed by atoms with Crippen molar-refractivity contribution in [1.82, 2.24) is 19.7 Å². The number of rotatable bonds is 4. The van der Waals surface area contributed by atoms with Crippen LogP contribution >= 0.6 is 0 Å². The number of methoxy groups -OCH3 is 1. The van der Waals surface area contributed by atoms with Crippen molar-refractivity contribution < 1.29 is 4.74 Å². The van der Waals surface area contributed by atoms with Crippen LogP contribution in [0.4, 0.5) is 0 Å². The lowest BCUT2D eigenvalue weighted by molar-refractivity contribution is 0.409. The summed E-state index contributed by atoms with van der Waals surface area (Å²) in [4.78, 5) is 20.9. The minimum Gasteiger partial charge on any atom is -0.494 e. The van der Waals surface area contributed by atoms with E-state index in [1.54, 1.807) is 6.20 Å². The van der Waals surface area contributed by atoms with Crippen molar-refractivity contribution >= 4 is 0 Å². The third kappa shape index (κ3) is 2.71. The van der Waals surface area contributed by atoms with Crippen molar-refractivity contribution in [3.05, 3.63) is 71.0 Å². The summed E-state index contributed by atoms with van der Waals surface area (Å²) in [7, 11) is 1.50. The lowest BCUT2D eigenvalue weighted by Gasteiger charge is -2.10. The van der Waals surface area contributed by atoms with Gasteiger partial charge in [-0.1, -0.05) is 30.3 Å². The number of hydrogen-bond acceptors (Lipinski definition) is 5. The maximum absolute atomic E-state index is 12.7. The van der Waals surface area contributed by atoms with Crippen LogP contribution in [0, 0.1) is 0 Å². The minimum absolute atomic E-state index is 0.260. The smallest absolute Gasteiger partial charge is 0.280 e. The Morgan fingerprint density at radius 2 is 1.95 bits per heavy atom. The van der Waals surface area contributed by atoms with Crippen molar-refractivity contribution in [1.29, 1.82) is 0 Å². The molecule has 110 valence electrons. The molecule has 0 aliphatic rings. The van der Waals surface area contributed by atoms with E-state index in [0.29, 0.717) is 23.6 Å². The SMILES string of the molecule is COc1cnn(Cc2ccccc2)c(=O)c1-c1cnccn1. The summed E-state index contributed by atoms with van der Waals surface area (Å²) < 4.78 is 6.63. The van der Waals surface area contributed by atoms with Gasteiger partial charge in [-0.3, -0.25) is 14.8 Å². The fraction of sp³-hybridized carbons (Fsp3) is 0.125. The van der Waals surface area contributed by atoms with Crippen LogP contribution in [-0.2, 0) is 6.54 Å². The summed E-state index contributed by atoms with van der Waals surface area (Å²) in [5.41, 5.74) is 1.56. The summed E-state index contributed by atoms with van der Waals surface area (Å²) in [6.45, 7) is 0.386. The van der Waals surface area contributed by atoms with Gasteiger partial charge >= 0.3 is 0 Å². The summed E-state index contributed by atoms with van der Waals surface area (Å²) >= 11 is 0. The Morgan fingerprint density at radius 3 is 2.64 bits per heavy atom. The van der Waals surface area contributed by atoms with Crippen molar-refractivity contribution in [3.8, 4) is 17.0 Å². The van der Waals surface area contributed by atoms with Gasteiger partial charge < -0.3 is 4.74 Å². The Labute approximate surface area is 127 Å². The van der Waals surface area contributed by atoms with Gasteiger partial charge in [-0.2, -0.15) is 5.10 Å². The zero-order valence-corrected chi connectivity index (χ0v) is 12.0. The first-order chi connectivity index (χ1) is 10.8. The van der Waals surface area contributed by atoms with E-state index in [2.05, 4.69) is 15.1 Å². The first kappa shape index (κ1) is 13.9.